The Morgan fingerprint density at radius 1 is 1.24 bits per heavy atom. The molecule has 1 unspecified atom stereocenters. The molecule has 0 amide bonds. The second-order valence-corrected chi connectivity index (χ2v) is 4.21. The Morgan fingerprint density at radius 3 is 2.59 bits per heavy atom. The maximum absolute atomic E-state index is 13.8. The van der Waals surface area contributed by atoms with Gasteiger partial charge in [0.25, 0.3) is 0 Å². The Bertz CT molecular complexity index is 519. The van der Waals surface area contributed by atoms with Crippen LogP contribution in [0.2, 0.25) is 0 Å². The summed E-state index contributed by atoms with van der Waals surface area (Å²) in [5, 5.41) is 3.10. The predicted octanol–water partition coefficient (Wildman–Crippen LogP) is 3.34. The third kappa shape index (κ3) is 2.24. The van der Waals surface area contributed by atoms with Crippen LogP contribution in [0.5, 0.6) is 0 Å². The lowest BCUT2D eigenvalue weighted by Gasteiger charge is -2.16. The van der Waals surface area contributed by atoms with Gasteiger partial charge in [-0.1, -0.05) is 17.7 Å². The van der Waals surface area contributed by atoms with Crippen LogP contribution in [0.25, 0.3) is 0 Å². The van der Waals surface area contributed by atoms with E-state index < -0.39 is 0 Å². The molecule has 1 aromatic carbocycles. The van der Waals surface area contributed by atoms with Gasteiger partial charge >= 0.3 is 0 Å². The summed E-state index contributed by atoms with van der Waals surface area (Å²) in [6.45, 7) is 3.90. The zero-order chi connectivity index (χ0) is 12.4. The Balaban J connectivity index is 2.49. The predicted molar refractivity (Wildman–Crippen MR) is 65.5 cm³/mol. The highest BCUT2D eigenvalue weighted by Crippen LogP contribution is 2.27. The molecule has 1 N–H and O–H groups in total. The van der Waals surface area contributed by atoms with E-state index in [4.69, 9.17) is 4.42 Å². The average Bonchev–Trinajstić information content (AvgIpc) is 2.71. The summed E-state index contributed by atoms with van der Waals surface area (Å²) < 4.78 is 19.3. The standard InChI is InChI=1S/C14H16FNO/c1-9-4-5-12(15)11(8-9)13(16-3)14-10(2)6-7-17-14/h4-8,13,16H,1-3H3. The largest absolute Gasteiger partial charge is 0.467 e. The van der Waals surface area contributed by atoms with Crippen molar-refractivity contribution in [3.8, 4) is 0 Å². The molecule has 0 aliphatic carbocycles. The van der Waals surface area contributed by atoms with Gasteiger partial charge in [0.15, 0.2) is 0 Å². The smallest absolute Gasteiger partial charge is 0.128 e. The molecular weight excluding hydrogens is 217 g/mol. The molecule has 0 aliphatic heterocycles. The maximum Gasteiger partial charge on any atom is 0.128 e. The number of rotatable bonds is 3. The molecule has 2 aromatic rings. The van der Waals surface area contributed by atoms with Crippen molar-refractivity contribution in [1.29, 1.82) is 0 Å². The molecule has 0 fully saturated rings. The Labute approximate surface area is 100 Å². The first kappa shape index (κ1) is 11.9. The number of benzene rings is 1. The van der Waals surface area contributed by atoms with E-state index in [1.807, 2.05) is 26.0 Å². The van der Waals surface area contributed by atoms with Crippen LogP contribution in [0.3, 0.4) is 0 Å². The quantitative estimate of drug-likeness (QED) is 0.879. The van der Waals surface area contributed by atoms with Crippen LogP contribution < -0.4 is 5.32 Å². The molecule has 0 radical (unpaired) electrons. The van der Waals surface area contributed by atoms with Gasteiger partial charge in [0.05, 0.1) is 12.3 Å². The lowest BCUT2D eigenvalue weighted by atomic mass is 10.00. The summed E-state index contributed by atoms with van der Waals surface area (Å²) in [5.41, 5.74) is 2.67. The summed E-state index contributed by atoms with van der Waals surface area (Å²) in [5.74, 6) is 0.544. The molecule has 0 bridgehead atoms. The van der Waals surface area contributed by atoms with E-state index in [1.165, 1.54) is 6.07 Å². The molecule has 1 atom stereocenters. The van der Waals surface area contributed by atoms with E-state index in [2.05, 4.69) is 5.32 Å². The van der Waals surface area contributed by atoms with E-state index in [1.54, 1.807) is 19.4 Å². The van der Waals surface area contributed by atoms with Gasteiger partial charge in [0, 0.05) is 5.56 Å². The van der Waals surface area contributed by atoms with Crippen molar-refractivity contribution in [3.63, 3.8) is 0 Å². The van der Waals surface area contributed by atoms with Gasteiger partial charge in [-0.3, -0.25) is 0 Å². The molecule has 3 heteroatoms. The Morgan fingerprint density at radius 2 is 2.00 bits per heavy atom. The monoisotopic (exact) mass is 233 g/mol. The van der Waals surface area contributed by atoms with Gasteiger partial charge < -0.3 is 9.73 Å². The third-order valence-corrected chi connectivity index (χ3v) is 2.92. The highest BCUT2D eigenvalue weighted by Gasteiger charge is 2.20. The van der Waals surface area contributed by atoms with Gasteiger partial charge in [-0.15, -0.1) is 0 Å². The molecule has 0 aliphatic rings. The lowest BCUT2D eigenvalue weighted by Crippen LogP contribution is -2.19. The minimum atomic E-state index is -0.245. The number of hydrogen-bond acceptors (Lipinski definition) is 2. The van der Waals surface area contributed by atoms with Crippen LogP contribution in [0.1, 0.15) is 28.5 Å². The summed E-state index contributed by atoms with van der Waals surface area (Å²) in [7, 11) is 1.80. The summed E-state index contributed by atoms with van der Waals surface area (Å²) in [4.78, 5) is 0. The topological polar surface area (TPSA) is 25.2 Å². The lowest BCUT2D eigenvalue weighted by molar-refractivity contribution is 0.450. The molecule has 0 saturated heterocycles. The van der Waals surface area contributed by atoms with E-state index in [0.717, 1.165) is 16.9 Å². The van der Waals surface area contributed by atoms with Crippen molar-refractivity contribution in [2.45, 2.75) is 19.9 Å². The SMILES string of the molecule is CNC(c1cc(C)ccc1F)c1occc1C. The first-order chi connectivity index (χ1) is 8.13. The van der Waals surface area contributed by atoms with Crippen LogP contribution in [-0.2, 0) is 0 Å². The van der Waals surface area contributed by atoms with E-state index in [-0.39, 0.29) is 11.9 Å². The van der Waals surface area contributed by atoms with Crippen LogP contribution in [-0.4, -0.2) is 7.05 Å². The fraction of sp³-hybridized carbons (Fsp3) is 0.286. The van der Waals surface area contributed by atoms with Crippen LogP contribution in [0, 0.1) is 19.7 Å². The maximum atomic E-state index is 13.8. The highest BCUT2D eigenvalue weighted by atomic mass is 19.1. The van der Waals surface area contributed by atoms with E-state index in [9.17, 15) is 4.39 Å². The molecule has 1 aromatic heterocycles. The van der Waals surface area contributed by atoms with Crippen molar-refractivity contribution in [1.82, 2.24) is 5.32 Å². The van der Waals surface area contributed by atoms with Crippen molar-refractivity contribution in [2.24, 2.45) is 0 Å². The van der Waals surface area contributed by atoms with Gasteiger partial charge in [-0.05, 0) is 38.6 Å². The Kier molecular flexibility index (Phi) is 3.29. The zero-order valence-electron chi connectivity index (χ0n) is 10.3. The molecule has 2 nitrogen and oxygen atoms in total. The first-order valence-electron chi connectivity index (χ1n) is 5.60. The summed E-state index contributed by atoms with van der Waals surface area (Å²) in [6.07, 6.45) is 1.63. The van der Waals surface area contributed by atoms with Crippen LogP contribution in [0.15, 0.2) is 34.9 Å². The summed E-state index contributed by atoms with van der Waals surface area (Å²) >= 11 is 0. The molecular formula is C14H16FNO. The summed E-state index contributed by atoms with van der Waals surface area (Å²) in [6, 6.07) is 6.74. The minimum Gasteiger partial charge on any atom is -0.467 e. The third-order valence-electron chi connectivity index (χ3n) is 2.92. The zero-order valence-corrected chi connectivity index (χ0v) is 10.3. The van der Waals surface area contributed by atoms with Crippen LogP contribution >= 0.6 is 0 Å². The molecule has 0 saturated carbocycles. The van der Waals surface area contributed by atoms with Crippen LogP contribution in [0.4, 0.5) is 4.39 Å². The molecule has 0 spiro atoms. The normalized spacial score (nSPS) is 12.7. The van der Waals surface area contributed by atoms with Crippen molar-refractivity contribution < 1.29 is 8.81 Å². The van der Waals surface area contributed by atoms with Crippen molar-refractivity contribution in [2.75, 3.05) is 7.05 Å². The number of aryl methyl sites for hydroxylation is 2. The fourth-order valence-corrected chi connectivity index (χ4v) is 1.99. The number of furan rings is 1. The number of nitrogens with one attached hydrogen (secondary N) is 1. The molecule has 90 valence electrons. The molecule has 2 rings (SSSR count). The highest BCUT2D eigenvalue weighted by molar-refractivity contribution is 5.34. The minimum absolute atomic E-state index is 0.217. The van der Waals surface area contributed by atoms with Gasteiger partial charge in [-0.25, -0.2) is 4.39 Å². The second kappa shape index (κ2) is 4.72. The number of halogens is 1. The van der Waals surface area contributed by atoms with Gasteiger partial charge in [0.2, 0.25) is 0 Å². The second-order valence-electron chi connectivity index (χ2n) is 4.21. The number of hydrogen-bond donors (Lipinski definition) is 1. The Hall–Kier alpha value is -1.61. The first-order valence-corrected chi connectivity index (χ1v) is 5.60. The molecule has 1 heterocycles. The fourth-order valence-electron chi connectivity index (χ4n) is 1.99. The molecule has 17 heavy (non-hydrogen) atoms. The van der Waals surface area contributed by atoms with Gasteiger partial charge in [-0.2, -0.15) is 0 Å². The van der Waals surface area contributed by atoms with E-state index in [0.29, 0.717) is 5.56 Å². The van der Waals surface area contributed by atoms with Crippen molar-refractivity contribution in [3.05, 3.63) is 58.8 Å². The average molecular weight is 233 g/mol. The van der Waals surface area contributed by atoms with Crippen molar-refractivity contribution >= 4 is 0 Å². The van der Waals surface area contributed by atoms with Gasteiger partial charge in [0.1, 0.15) is 11.6 Å². The van der Waals surface area contributed by atoms with E-state index >= 15 is 0 Å².